The first-order valence-electron chi connectivity index (χ1n) is 3.46. The molecule has 0 aliphatic heterocycles. The van der Waals surface area contributed by atoms with E-state index in [1.807, 2.05) is 19.1 Å². The Kier molecular flexibility index (Phi) is 2.66. The second-order valence-electron chi connectivity index (χ2n) is 2.43. The topological polar surface area (TPSA) is 12.9 Å². The van der Waals surface area contributed by atoms with Crippen molar-refractivity contribution in [3.63, 3.8) is 0 Å². The van der Waals surface area contributed by atoms with E-state index < -0.39 is 0 Å². The predicted octanol–water partition coefficient (Wildman–Crippen LogP) is 2.77. The van der Waals surface area contributed by atoms with E-state index in [4.69, 9.17) is 11.6 Å². The fourth-order valence-electron chi connectivity index (χ4n) is 0.919. The van der Waals surface area contributed by atoms with Crippen LogP contribution in [0.2, 0.25) is 5.15 Å². The van der Waals surface area contributed by atoms with Crippen molar-refractivity contribution in [2.24, 2.45) is 0 Å². The Bertz CT molecular complexity index is 268. The van der Waals surface area contributed by atoms with Crippen LogP contribution in [-0.2, 0) is 6.42 Å². The van der Waals surface area contributed by atoms with Crippen molar-refractivity contribution >= 4 is 11.6 Å². The summed E-state index contributed by atoms with van der Waals surface area (Å²) in [6, 6.07) is 1.86. The van der Waals surface area contributed by atoms with Crippen molar-refractivity contribution < 1.29 is 0 Å². The quantitative estimate of drug-likeness (QED) is 0.488. The molecule has 1 rings (SSSR count). The number of aromatic nitrogens is 1. The van der Waals surface area contributed by atoms with Crippen LogP contribution in [0, 0.1) is 6.92 Å². The summed E-state index contributed by atoms with van der Waals surface area (Å²) in [5.41, 5.74) is 2.36. The van der Waals surface area contributed by atoms with Crippen LogP contribution in [0.1, 0.15) is 11.1 Å². The molecule has 0 N–H and O–H groups in total. The monoisotopic (exact) mass is 167 g/mol. The third-order valence-corrected chi connectivity index (χ3v) is 1.76. The van der Waals surface area contributed by atoms with Crippen LogP contribution < -0.4 is 0 Å². The van der Waals surface area contributed by atoms with Crippen LogP contribution >= 0.6 is 11.6 Å². The predicted molar refractivity (Wildman–Crippen MR) is 47.9 cm³/mol. The lowest BCUT2D eigenvalue weighted by atomic mass is 10.1. The molecule has 0 aliphatic carbocycles. The van der Waals surface area contributed by atoms with Gasteiger partial charge in [-0.2, -0.15) is 0 Å². The molecule has 1 heterocycles. The van der Waals surface area contributed by atoms with Crippen molar-refractivity contribution in [1.82, 2.24) is 4.98 Å². The van der Waals surface area contributed by atoms with E-state index >= 15 is 0 Å². The third-order valence-electron chi connectivity index (χ3n) is 1.55. The average Bonchev–Trinajstić information content (AvgIpc) is 1.95. The minimum atomic E-state index is 0.551. The number of rotatable bonds is 2. The van der Waals surface area contributed by atoms with Gasteiger partial charge in [0.15, 0.2) is 0 Å². The molecule has 0 unspecified atom stereocenters. The molecule has 0 fully saturated rings. The van der Waals surface area contributed by atoms with Crippen LogP contribution in [0.5, 0.6) is 0 Å². The van der Waals surface area contributed by atoms with Gasteiger partial charge >= 0.3 is 0 Å². The van der Waals surface area contributed by atoms with Gasteiger partial charge in [-0.05, 0) is 30.5 Å². The Morgan fingerprint density at radius 2 is 2.45 bits per heavy atom. The molecule has 0 aromatic carbocycles. The van der Waals surface area contributed by atoms with Crippen LogP contribution in [0.3, 0.4) is 0 Å². The zero-order chi connectivity index (χ0) is 8.27. The maximum Gasteiger partial charge on any atom is 0.129 e. The first kappa shape index (κ1) is 8.28. The minimum absolute atomic E-state index is 0.551. The summed E-state index contributed by atoms with van der Waals surface area (Å²) < 4.78 is 0. The van der Waals surface area contributed by atoms with E-state index in [-0.39, 0.29) is 0 Å². The molecule has 0 aliphatic rings. The van der Waals surface area contributed by atoms with E-state index in [0.29, 0.717) is 5.15 Å². The number of pyridine rings is 1. The molecule has 1 nitrogen and oxygen atoms in total. The van der Waals surface area contributed by atoms with Crippen LogP contribution in [0.25, 0.3) is 0 Å². The molecular weight excluding hydrogens is 158 g/mol. The Balaban J connectivity index is 2.98. The number of allylic oxidation sites excluding steroid dienone is 1. The van der Waals surface area contributed by atoms with Crippen molar-refractivity contribution in [3.05, 3.63) is 41.2 Å². The lowest BCUT2D eigenvalue weighted by molar-refractivity contribution is 1.15. The highest BCUT2D eigenvalue weighted by molar-refractivity contribution is 6.29. The molecule has 0 bridgehead atoms. The largest absolute Gasteiger partial charge is 0.244 e. The lowest BCUT2D eigenvalue weighted by Crippen LogP contribution is -1.88. The molecule has 11 heavy (non-hydrogen) atoms. The molecule has 1 aromatic heterocycles. The summed E-state index contributed by atoms with van der Waals surface area (Å²) in [5, 5.41) is 0.551. The summed E-state index contributed by atoms with van der Waals surface area (Å²) in [7, 11) is 0. The van der Waals surface area contributed by atoms with Gasteiger partial charge in [-0.15, -0.1) is 6.58 Å². The number of halogens is 1. The summed E-state index contributed by atoms with van der Waals surface area (Å²) in [6.07, 6.45) is 4.51. The van der Waals surface area contributed by atoms with E-state index in [1.54, 1.807) is 6.20 Å². The van der Waals surface area contributed by atoms with Crippen LogP contribution in [0.4, 0.5) is 0 Å². The van der Waals surface area contributed by atoms with Crippen molar-refractivity contribution in [1.29, 1.82) is 0 Å². The van der Waals surface area contributed by atoms with Gasteiger partial charge < -0.3 is 0 Å². The van der Waals surface area contributed by atoms with Gasteiger partial charge in [-0.1, -0.05) is 17.7 Å². The third kappa shape index (κ3) is 2.05. The van der Waals surface area contributed by atoms with Gasteiger partial charge in [0, 0.05) is 6.20 Å². The number of hydrogen-bond acceptors (Lipinski definition) is 1. The average molecular weight is 168 g/mol. The van der Waals surface area contributed by atoms with Crippen LogP contribution in [-0.4, -0.2) is 4.98 Å². The fraction of sp³-hybridized carbons (Fsp3) is 0.222. The highest BCUT2D eigenvalue weighted by Gasteiger charge is 1.96. The summed E-state index contributed by atoms with van der Waals surface area (Å²) in [4.78, 5) is 3.98. The maximum absolute atomic E-state index is 5.68. The molecule has 0 saturated heterocycles. The van der Waals surface area contributed by atoms with E-state index in [1.165, 1.54) is 11.1 Å². The molecule has 0 atom stereocenters. The zero-order valence-electron chi connectivity index (χ0n) is 6.47. The van der Waals surface area contributed by atoms with Gasteiger partial charge in [-0.25, -0.2) is 4.98 Å². The molecule has 2 heteroatoms. The summed E-state index contributed by atoms with van der Waals surface area (Å²) in [5.74, 6) is 0. The number of hydrogen-bond donors (Lipinski definition) is 0. The fourth-order valence-corrected chi connectivity index (χ4v) is 1.13. The van der Waals surface area contributed by atoms with Gasteiger partial charge in [0.2, 0.25) is 0 Å². The Morgan fingerprint density at radius 1 is 1.73 bits per heavy atom. The van der Waals surface area contributed by atoms with Crippen molar-refractivity contribution in [2.75, 3.05) is 0 Å². The summed E-state index contributed by atoms with van der Waals surface area (Å²) in [6.45, 7) is 5.68. The first-order chi connectivity index (χ1) is 5.24. The number of nitrogens with zero attached hydrogens (tertiary/aromatic N) is 1. The van der Waals surface area contributed by atoms with Crippen molar-refractivity contribution in [2.45, 2.75) is 13.3 Å². The molecule has 0 radical (unpaired) electrons. The second kappa shape index (κ2) is 3.54. The molecule has 1 aromatic rings. The smallest absolute Gasteiger partial charge is 0.129 e. The Morgan fingerprint density at radius 3 is 3.00 bits per heavy atom. The Labute approximate surface area is 71.7 Å². The normalized spacial score (nSPS) is 9.64. The maximum atomic E-state index is 5.68. The van der Waals surface area contributed by atoms with Gasteiger partial charge in [0.25, 0.3) is 0 Å². The molecular formula is C9H10ClN. The molecule has 0 amide bonds. The second-order valence-corrected chi connectivity index (χ2v) is 2.81. The lowest BCUT2D eigenvalue weighted by Gasteiger charge is -2.00. The van der Waals surface area contributed by atoms with Crippen LogP contribution in [0.15, 0.2) is 24.9 Å². The Hall–Kier alpha value is -0.820. The standard InChI is InChI=1S/C9H10ClN/c1-3-4-8-6-11-9(10)5-7(8)2/h3,5-6H,1,4H2,2H3. The molecule has 0 saturated carbocycles. The molecule has 58 valence electrons. The van der Waals surface area contributed by atoms with Gasteiger partial charge in [0.05, 0.1) is 0 Å². The van der Waals surface area contributed by atoms with Crippen molar-refractivity contribution in [3.8, 4) is 0 Å². The van der Waals surface area contributed by atoms with E-state index in [0.717, 1.165) is 6.42 Å². The van der Waals surface area contributed by atoms with Gasteiger partial charge in [0.1, 0.15) is 5.15 Å². The summed E-state index contributed by atoms with van der Waals surface area (Å²) >= 11 is 5.68. The zero-order valence-corrected chi connectivity index (χ0v) is 7.23. The minimum Gasteiger partial charge on any atom is -0.244 e. The van der Waals surface area contributed by atoms with E-state index in [9.17, 15) is 0 Å². The van der Waals surface area contributed by atoms with E-state index in [2.05, 4.69) is 11.6 Å². The van der Waals surface area contributed by atoms with Gasteiger partial charge in [-0.3, -0.25) is 0 Å². The highest BCUT2D eigenvalue weighted by atomic mass is 35.5. The first-order valence-corrected chi connectivity index (χ1v) is 3.83. The number of aryl methyl sites for hydroxylation is 1. The SMILES string of the molecule is C=CCc1cnc(Cl)cc1C. The highest BCUT2D eigenvalue weighted by Crippen LogP contribution is 2.12. The molecule has 0 spiro atoms.